The summed E-state index contributed by atoms with van der Waals surface area (Å²) in [6.07, 6.45) is 1.95. The quantitative estimate of drug-likeness (QED) is 0.396. The maximum absolute atomic E-state index is 12.0. The summed E-state index contributed by atoms with van der Waals surface area (Å²) < 4.78 is 23.9. The fraction of sp³-hybridized carbons (Fsp3) is 0.800. The van der Waals surface area contributed by atoms with Crippen molar-refractivity contribution in [3.8, 4) is 0 Å². The van der Waals surface area contributed by atoms with Crippen LogP contribution in [0.25, 0.3) is 0 Å². The second-order valence-electron chi connectivity index (χ2n) is 2.82. The third-order valence-corrected chi connectivity index (χ3v) is 3.58. The molecule has 2 aliphatic rings. The minimum absolute atomic E-state index is 0. The van der Waals surface area contributed by atoms with Crippen LogP contribution in [0.1, 0.15) is 12.8 Å². The molecule has 1 unspecified atom stereocenters. The zero-order chi connectivity index (χ0) is 6.65. The molecular weight excluding hydrogens is 196 g/mol. The van der Waals surface area contributed by atoms with E-state index in [4.69, 9.17) is 0 Å². The Bertz CT molecular complexity index is 151. The molecule has 0 saturated heterocycles. The molecule has 1 spiro atoms. The molecule has 0 amide bonds. The standard InChI is InChI=1S/C5H5BBrF2.Li/c7-4-3(6(8)9)5(4)1-2-5;/h3H,1-2H2;/q-1;+1. The van der Waals surface area contributed by atoms with Gasteiger partial charge in [0.15, 0.2) is 0 Å². The topological polar surface area (TPSA) is 0 Å². The van der Waals surface area contributed by atoms with E-state index in [1.165, 1.54) is 0 Å². The Hall–Kier alpha value is 1.00. The largest absolute Gasteiger partial charge is 1.00 e. The Balaban J connectivity index is 0.000000500. The van der Waals surface area contributed by atoms with Gasteiger partial charge in [0.2, 0.25) is 0 Å². The predicted octanol–water partition coefficient (Wildman–Crippen LogP) is -0.492. The molecule has 0 aromatic heterocycles. The summed E-state index contributed by atoms with van der Waals surface area (Å²) in [5.41, 5.74) is -0.0197. The Labute approximate surface area is 79.6 Å². The molecular formula is C5H5BBrF2Li. The molecule has 10 heavy (non-hydrogen) atoms. The third-order valence-electron chi connectivity index (χ3n) is 2.30. The van der Waals surface area contributed by atoms with E-state index in [0.717, 1.165) is 17.7 Å². The van der Waals surface area contributed by atoms with Crippen molar-refractivity contribution < 1.29 is 27.5 Å². The molecule has 0 aliphatic heterocycles. The summed E-state index contributed by atoms with van der Waals surface area (Å²) in [4.78, 5) is 0.866. The van der Waals surface area contributed by atoms with Crippen LogP contribution in [0.3, 0.4) is 0 Å². The van der Waals surface area contributed by atoms with Crippen LogP contribution in [0.2, 0.25) is 5.82 Å². The van der Waals surface area contributed by atoms with Crippen LogP contribution in [-0.4, -0.2) is 7.27 Å². The van der Waals surface area contributed by atoms with Crippen molar-refractivity contribution in [1.82, 2.24) is 0 Å². The SMILES string of the molecule is FB(F)C1[C-](Br)C12CC2.[Li+]. The second-order valence-corrected chi connectivity index (χ2v) is 3.67. The Morgan fingerprint density at radius 3 is 2.10 bits per heavy atom. The van der Waals surface area contributed by atoms with Gasteiger partial charge in [-0.05, 0) is 0 Å². The van der Waals surface area contributed by atoms with Gasteiger partial charge in [-0.3, -0.25) is 8.63 Å². The normalized spacial score (nSPS) is 33.3. The summed E-state index contributed by atoms with van der Waals surface area (Å²) in [7, 11) is -2.14. The average Bonchev–Trinajstić information content (AvgIpc) is 2.54. The molecule has 2 aliphatic carbocycles. The van der Waals surface area contributed by atoms with E-state index in [2.05, 4.69) is 15.9 Å². The molecule has 5 heteroatoms. The van der Waals surface area contributed by atoms with Gasteiger partial charge in [-0.1, -0.05) is 12.8 Å². The number of rotatable bonds is 1. The van der Waals surface area contributed by atoms with E-state index in [-0.39, 0.29) is 24.3 Å². The van der Waals surface area contributed by atoms with Gasteiger partial charge in [-0.2, -0.15) is 5.41 Å². The van der Waals surface area contributed by atoms with Gasteiger partial charge in [-0.25, -0.2) is 4.83 Å². The molecule has 2 fully saturated rings. The van der Waals surface area contributed by atoms with E-state index in [9.17, 15) is 8.63 Å². The van der Waals surface area contributed by atoms with Crippen molar-refractivity contribution in [3.05, 3.63) is 4.83 Å². The van der Waals surface area contributed by atoms with Crippen molar-refractivity contribution in [2.45, 2.75) is 18.7 Å². The van der Waals surface area contributed by atoms with Gasteiger partial charge in [0.1, 0.15) is 0 Å². The predicted molar refractivity (Wildman–Crippen MR) is 35.6 cm³/mol. The van der Waals surface area contributed by atoms with Crippen LogP contribution in [0.4, 0.5) is 8.63 Å². The average molecular weight is 201 g/mol. The van der Waals surface area contributed by atoms with Gasteiger partial charge in [0.05, 0.1) is 0 Å². The van der Waals surface area contributed by atoms with Crippen molar-refractivity contribution in [2.24, 2.45) is 5.41 Å². The first-order valence-electron chi connectivity index (χ1n) is 2.99. The Morgan fingerprint density at radius 1 is 1.50 bits per heavy atom. The Morgan fingerprint density at radius 2 is 2.00 bits per heavy atom. The number of hydrogen-bond acceptors (Lipinski definition) is 0. The summed E-state index contributed by atoms with van der Waals surface area (Å²) in [6, 6.07) is 0. The fourth-order valence-electron chi connectivity index (χ4n) is 1.44. The van der Waals surface area contributed by atoms with Crippen LogP contribution >= 0.6 is 15.9 Å². The fourth-order valence-corrected chi connectivity index (χ4v) is 2.61. The van der Waals surface area contributed by atoms with E-state index < -0.39 is 13.1 Å². The molecule has 1 atom stereocenters. The van der Waals surface area contributed by atoms with Gasteiger partial charge in [0, 0.05) is 0 Å². The smallest absolute Gasteiger partial charge is 0.317 e. The van der Waals surface area contributed by atoms with E-state index in [0.29, 0.717) is 0 Å². The monoisotopic (exact) mass is 200 g/mol. The van der Waals surface area contributed by atoms with Gasteiger partial charge < -0.3 is 15.9 Å². The van der Waals surface area contributed by atoms with Crippen LogP contribution < -0.4 is 18.9 Å². The zero-order valence-corrected chi connectivity index (χ0v) is 7.29. The molecule has 0 heterocycles. The van der Waals surface area contributed by atoms with Crippen LogP contribution in [0.5, 0.6) is 0 Å². The molecule has 0 bridgehead atoms. The minimum Gasteiger partial charge on any atom is -0.317 e. The second kappa shape index (κ2) is 2.50. The number of halogens is 3. The minimum atomic E-state index is -2.14. The third kappa shape index (κ3) is 1.00. The van der Waals surface area contributed by atoms with E-state index >= 15 is 0 Å². The maximum atomic E-state index is 12.0. The van der Waals surface area contributed by atoms with Crippen molar-refractivity contribution >= 4 is 23.2 Å². The van der Waals surface area contributed by atoms with E-state index in [1.807, 2.05) is 0 Å². The van der Waals surface area contributed by atoms with Crippen LogP contribution in [0, 0.1) is 10.2 Å². The first-order chi connectivity index (χ1) is 4.18. The molecule has 2 rings (SSSR count). The molecule has 0 aromatic carbocycles. The summed E-state index contributed by atoms with van der Waals surface area (Å²) in [6.45, 7) is 0. The summed E-state index contributed by atoms with van der Waals surface area (Å²) >= 11 is 3.17. The van der Waals surface area contributed by atoms with Crippen LogP contribution in [-0.2, 0) is 0 Å². The molecule has 0 N–H and O–H groups in total. The maximum Gasteiger partial charge on any atom is 1.00 e. The Kier molecular flexibility index (Phi) is 2.27. The van der Waals surface area contributed by atoms with Crippen LogP contribution in [0.15, 0.2) is 0 Å². The molecule has 0 nitrogen and oxygen atoms in total. The first-order valence-corrected chi connectivity index (χ1v) is 3.79. The zero-order valence-electron chi connectivity index (χ0n) is 5.70. The van der Waals surface area contributed by atoms with Gasteiger partial charge in [0.25, 0.3) is 0 Å². The molecule has 2 saturated carbocycles. The number of hydrogen-bond donors (Lipinski definition) is 0. The van der Waals surface area contributed by atoms with Gasteiger partial charge in [-0.15, -0.1) is 5.82 Å². The first kappa shape index (κ1) is 9.09. The van der Waals surface area contributed by atoms with Crippen molar-refractivity contribution in [3.63, 3.8) is 0 Å². The summed E-state index contributed by atoms with van der Waals surface area (Å²) in [5, 5.41) is 0. The van der Waals surface area contributed by atoms with Gasteiger partial charge >= 0.3 is 26.1 Å². The molecule has 0 radical (unpaired) electrons. The van der Waals surface area contributed by atoms with Crippen molar-refractivity contribution in [2.75, 3.05) is 0 Å². The summed E-state index contributed by atoms with van der Waals surface area (Å²) in [5.74, 6) is -0.405. The van der Waals surface area contributed by atoms with Crippen molar-refractivity contribution in [1.29, 1.82) is 0 Å². The molecule has 50 valence electrons. The van der Waals surface area contributed by atoms with E-state index in [1.54, 1.807) is 0 Å². The molecule has 0 aromatic rings.